The summed E-state index contributed by atoms with van der Waals surface area (Å²) in [6.45, 7) is 4.76. The third-order valence-corrected chi connectivity index (χ3v) is 3.47. The lowest BCUT2D eigenvalue weighted by molar-refractivity contribution is 0.955. The summed E-state index contributed by atoms with van der Waals surface area (Å²) in [5.74, 6) is 0.417. The summed E-state index contributed by atoms with van der Waals surface area (Å²) in [6.07, 6.45) is 2.53. The van der Waals surface area contributed by atoms with Crippen LogP contribution >= 0.6 is 35.6 Å². The second kappa shape index (κ2) is 8.95. The van der Waals surface area contributed by atoms with Crippen molar-refractivity contribution in [2.45, 2.75) is 20.3 Å². The maximum atomic E-state index is 5.88. The molecule has 0 aliphatic heterocycles. The number of aromatic nitrogens is 1. The molecule has 0 spiro atoms. The molecule has 0 unspecified atom stereocenters. The maximum Gasteiger partial charge on any atom is 0.193 e. The van der Waals surface area contributed by atoms with Gasteiger partial charge >= 0.3 is 0 Å². The Kier molecular flexibility index (Phi) is 7.61. The first-order valence-corrected chi connectivity index (χ1v) is 7.17. The van der Waals surface area contributed by atoms with Crippen LogP contribution in [0, 0.1) is 13.8 Å². The standard InChI is InChI=1S/C16H19ClN4.HI/c1-11-3-5-14(9-12(11)2)21-16(18)19-8-7-13-4-6-15(17)20-10-13;/h3-6,9-10H,7-8H2,1-2H3,(H3,18,19,21);1H. The summed E-state index contributed by atoms with van der Waals surface area (Å²) >= 11 is 5.74. The lowest BCUT2D eigenvalue weighted by Crippen LogP contribution is -2.23. The minimum atomic E-state index is 0. The summed E-state index contributed by atoms with van der Waals surface area (Å²) in [6, 6.07) is 9.83. The van der Waals surface area contributed by atoms with E-state index in [-0.39, 0.29) is 24.0 Å². The number of halogens is 2. The van der Waals surface area contributed by atoms with Gasteiger partial charge in [-0.2, -0.15) is 0 Å². The van der Waals surface area contributed by atoms with E-state index in [1.165, 1.54) is 11.1 Å². The SMILES string of the molecule is Cc1ccc(NC(N)=NCCc2ccc(Cl)nc2)cc1C.I. The largest absolute Gasteiger partial charge is 0.370 e. The van der Waals surface area contributed by atoms with E-state index in [1.807, 2.05) is 12.1 Å². The van der Waals surface area contributed by atoms with Crippen molar-refractivity contribution in [3.05, 3.63) is 58.4 Å². The van der Waals surface area contributed by atoms with E-state index in [1.54, 1.807) is 12.3 Å². The van der Waals surface area contributed by atoms with Crippen LogP contribution in [0.5, 0.6) is 0 Å². The molecule has 2 rings (SSSR count). The molecule has 0 fully saturated rings. The zero-order valence-electron chi connectivity index (χ0n) is 12.6. The fourth-order valence-electron chi connectivity index (χ4n) is 1.87. The van der Waals surface area contributed by atoms with E-state index in [2.05, 4.69) is 41.3 Å². The van der Waals surface area contributed by atoms with E-state index >= 15 is 0 Å². The Bertz CT molecular complexity index is 641. The summed E-state index contributed by atoms with van der Waals surface area (Å²) in [4.78, 5) is 8.34. The monoisotopic (exact) mass is 430 g/mol. The molecule has 0 aliphatic carbocycles. The highest BCUT2D eigenvalue weighted by molar-refractivity contribution is 14.0. The fraction of sp³-hybridized carbons (Fsp3) is 0.250. The first-order chi connectivity index (χ1) is 10.0. The molecular weight excluding hydrogens is 411 g/mol. The lowest BCUT2D eigenvalue weighted by Gasteiger charge is -2.08. The van der Waals surface area contributed by atoms with Crippen LogP contribution in [0.2, 0.25) is 5.15 Å². The number of pyridine rings is 1. The molecule has 0 bridgehead atoms. The number of hydrogen-bond donors (Lipinski definition) is 2. The molecule has 0 radical (unpaired) electrons. The molecule has 3 N–H and O–H groups in total. The molecular formula is C16H20ClIN4. The Morgan fingerprint density at radius 2 is 2.00 bits per heavy atom. The van der Waals surface area contributed by atoms with Crippen LogP contribution in [0.25, 0.3) is 0 Å². The first-order valence-electron chi connectivity index (χ1n) is 6.79. The van der Waals surface area contributed by atoms with Crippen LogP contribution < -0.4 is 11.1 Å². The molecule has 0 amide bonds. The number of anilines is 1. The predicted molar refractivity (Wildman–Crippen MR) is 104 cm³/mol. The molecule has 0 aliphatic rings. The second-order valence-electron chi connectivity index (χ2n) is 4.93. The van der Waals surface area contributed by atoms with Gasteiger partial charge in [0, 0.05) is 18.4 Å². The van der Waals surface area contributed by atoms with Gasteiger partial charge in [-0.15, -0.1) is 24.0 Å². The number of guanidine groups is 1. The lowest BCUT2D eigenvalue weighted by atomic mass is 10.1. The van der Waals surface area contributed by atoms with E-state index in [0.717, 1.165) is 17.7 Å². The zero-order chi connectivity index (χ0) is 15.2. The van der Waals surface area contributed by atoms with Crippen molar-refractivity contribution in [2.24, 2.45) is 10.7 Å². The Hall–Kier alpha value is -1.34. The number of nitrogens with two attached hydrogens (primary N) is 1. The minimum absolute atomic E-state index is 0. The van der Waals surface area contributed by atoms with Crippen LogP contribution in [0.15, 0.2) is 41.5 Å². The molecule has 0 atom stereocenters. The predicted octanol–water partition coefficient (Wildman–Crippen LogP) is 3.94. The van der Waals surface area contributed by atoms with Crippen LogP contribution in [0.4, 0.5) is 5.69 Å². The summed E-state index contributed by atoms with van der Waals surface area (Å²) in [5.41, 5.74) is 10.4. The number of benzene rings is 1. The Balaban J connectivity index is 0.00000242. The third-order valence-electron chi connectivity index (χ3n) is 3.25. The van der Waals surface area contributed by atoms with E-state index in [0.29, 0.717) is 17.7 Å². The number of aliphatic imine (C=N–C) groups is 1. The van der Waals surface area contributed by atoms with E-state index in [9.17, 15) is 0 Å². The molecule has 118 valence electrons. The fourth-order valence-corrected chi connectivity index (χ4v) is 1.98. The zero-order valence-corrected chi connectivity index (χ0v) is 15.7. The van der Waals surface area contributed by atoms with Gasteiger partial charge in [0.15, 0.2) is 5.96 Å². The van der Waals surface area contributed by atoms with Gasteiger partial charge in [0.25, 0.3) is 0 Å². The van der Waals surface area contributed by atoms with Crippen molar-refractivity contribution in [1.29, 1.82) is 0 Å². The van der Waals surface area contributed by atoms with Gasteiger partial charge < -0.3 is 11.1 Å². The molecule has 1 heterocycles. The second-order valence-corrected chi connectivity index (χ2v) is 5.32. The maximum absolute atomic E-state index is 5.88. The number of aryl methyl sites for hydroxylation is 2. The average molecular weight is 431 g/mol. The van der Waals surface area contributed by atoms with Crippen LogP contribution in [0.1, 0.15) is 16.7 Å². The van der Waals surface area contributed by atoms with Gasteiger partial charge in [0.1, 0.15) is 5.15 Å². The molecule has 1 aromatic carbocycles. The summed E-state index contributed by atoms with van der Waals surface area (Å²) in [5, 5.41) is 3.59. The quantitative estimate of drug-likeness (QED) is 0.334. The highest BCUT2D eigenvalue weighted by atomic mass is 127. The van der Waals surface area contributed by atoms with Crippen molar-refractivity contribution in [3.8, 4) is 0 Å². The third kappa shape index (κ3) is 5.81. The van der Waals surface area contributed by atoms with Crippen molar-refractivity contribution in [2.75, 3.05) is 11.9 Å². The number of hydrogen-bond acceptors (Lipinski definition) is 2. The van der Waals surface area contributed by atoms with Crippen LogP contribution in [0.3, 0.4) is 0 Å². The Labute approximate surface area is 153 Å². The van der Waals surface area contributed by atoms with Crippen molar-refractivity contribution >= 4 is 47.2 Å². The van der Waals surface area contributed by atoms with Crippen LogP contribution in [-0.4, -0.2) is 17.5 Å². The van der Waals surface area contributed by atoms with Gasteiger partial charge in [-0.1, -0.05) is 23.7 Å². The molecule has 1 aromatic heterocycles. The summed E-state index contributed by atoms with van der Waals surface area (Å²) < 4.78 is 0. The molecule has 4 nitrogen and oxygen atoms in total. The van der Waals surface area contributed by atoms with Gasteiger partial charge in [-0.05, 0) is 55.2 Å². The Morgan fingerprint density at radius 1 is 1.23 bits per heavy atom. The van der Waals surface area contributed by atoms with Crippen molar-refractivity contribution in [1.82, 2.24) is 4.98 Å². The highest BCUT2D eigenvalue weighted by Gasteiger charge is 1.98. The highest BCUT2D eigenvalue weighted by Crippen LogP contribution is 2.13. The van der Waals surface area contributed by atoms with E-state index < -0.39 is 0 Å². The van der Waals surface area contributed by atoms with Gasteiger partial charge in [-0.3, -0.25) is 4.99 Å². The number of nitrogens with zero attached hydrogens (tertiary/aromatic N) is 2. The number of nitrogens with one attached hydrogen (secondary N) is 1. The number of rotatable bonds is 4. The molecule has 22 heavy (non-hydrogen) atoms. The first kappa shape index (κ1) is 18.7. The topological polar surface area (TPSA) is 63.3 Å². The van der Waals surface area contributed by atoms with Crippen molar-refractivity contribution in [3.63, 3.8) is 0 Å². The van der Waals surface area contributed by atoms with E-state index in [4.69, 9.17) is 17.3 Å². The average Bonchev–Trinajstić information content (AvgIpc) is 2.45. The molecule has 2 aromatic rings. The molecule has 0 saturated heterocycles. The normalized spacial score (nSPS) is 11.0. The van der Waals surface area contributed by atoms with Crippen LogP contribution in [-0.2, 0) is 6.42 Å². The van der Waals surface area contributed by atoms with Gasteiger partial charge in [0.05, 0.1) is 0 Å². The summed E-state index contributed by atoms with van der Waals surface area (Å²) in [7, 11) is 0. The minimum Gasteiger partial charge on any atom is -0.370 e. The van der Waals surface area contributed by atoms with Crippen molar-refractivity contribution < 1.29 is 0 Å². The van der Waals surface area contributed by atoms with Gasteiger partial charge in [0.2, 0.25) is 0 Å². The smallest absolute Gasteiger partial charge is 0.193 e. The van der Waals surface area contributed by atoms with Gasteiger partial charge in [-0.25, -0.2) is 4.98 Å². The molecule has 6 heteroatoms. The molecule has 0 saturated carbocycles. The Morgan fingerprint density at radius 3 is 2.64 bits per heavy atom.